The van der Waals surface area contributed by atoms with Crippen molar-refractivity contribution in [2.24, 2.45) is 4.99 Å². The SMILES string of the molecule is S=P1(c2ccccc2)C2=Cc3ccc([nH]3)C(c3ccccc3)=C3C=CC(=N3)C(c3ccccc3)=c3ccc([nH]3)=CC1=C1C=CC=C21. The van der Waals surface area contributed by atoms with Crippen LogP contribution in [0.4, 0.5) is 0 Å². The molecule has 3 aliphatic heterocycles. The van der Waals surface area contributed by atoms with Gasteiger partial charge in [0, 0.05) is 49.9 Å². The van der Waals surface area contributed by atoms with Crippen molar-refractivity contribution in [3.05, 3.63) is 206 Å². The quantitative estimate of drug-likeness (QED) is 0.198. The van der Waals surface area contributed by atoms with Crippen molar-refractivity contribution in [1.82, 2.24) is 9.97 Å². The molecule has 1 unspecified atom stereocenters. The fourth-order valence-electron chi connectivity index (χ4n) is 6.90. The lowest BCUT2D eigenvalue weighted by Gasteiger charge is -2.22. The largest absolute Gasteiger partial charge is 0.355 e. The highest BCUT2D eigenvalue weighted by Gasteiger charge is 2.40. The van der Waals surface area contributed by atoms with E-state index in [9.17, 15) is 0 Å². The Morgan fingerprint density at radius 3 is 2.11 bits per heavy atom. The van der Waals surface area contributed by atoms with E-state index in [1.54, 1.807) is 0 Å². The van der Waals surface area contributed by atoms with Gasteiger partial charge in [-0.05, 0) is 76.1 Å². The highest BCUT2D eigenvalue weighted by Crippen LogP contribution is 2.71. The first-order valence-corrected chi connectivity index (χ1v) is 18.2. The number of fused-ring (bicyclic) bond motifs is 9. The van der Waals surface area contributed by atoms with Crippen molar-refractivity contribution in [2.45, 2.75) is 0 Å². The lowest BCUT2D eigenvalue weighted by atomic mass is 10.0. The molecule has 0 fully saturated rings. The molecule has 0 amide bonds. The Balaban J connectivity index is 1.41. The molecular weight excluding hydrogens is 598 g/mol. The number of hydrogen-bond acceptors (Lipinski definition) is 2. The first-order valence-electron chi connectivity index (χ1n) is 15.4. The molecule has 218 valence electrons. The molecule has 5 aromatic rings. The number of benzene rings is 3. The zero-order valence-corrected chi connectivity index (χ0v) is 26.5. The summed E-state index contributed by atoms with van der Waals surface area (Å²) in [6.07, 6.45) is 15.4. The van der Waals surface area contributed by atoms with Crippen LogP contribution in [0.2, 0.25) is 0 Å². The maximum Gasteiger partial charge on any atom is 0.0737 e. The molecule has 2 N–H and O–H groups in total. The van der Waals surface area contributed by atoms with E-state index in [-0.39, 0.29) is 0 Å². The predicted molar refractivity (Wildman–Crippen MR) is 196 cm³/mol. The van der Waals surface area contributed by atoms with Gasteiger partial charge in [0.1, 0.15) is 0 Å². The summed E-state index contributed by atoms with van der Waals surface area (Å²) in [6.45, 7) is 0. The van der Waals surface area contributed by atoms with Crippen LogP contribution < -0.4 is 16.0 Å². The smallest absolute Gasteiger partial charge is 0.0737 e. The third-order valence-corrected chi connectivity index (χ3v) is 13.9. The Hall–Kier alpha value is -5.28. The van der Waals surface area contributed by atoms with Gasteiger partial charge >= 0.3 is 0 Å². The van der Waals surface area contributed by atoms with Crippen molar-refractivity contribution >= 4 is 52.2 Å². The summed E-state index contributed by atoms with van der Waals surface area (Å²) in [4.78, 5) is 12.8. The Morgan fingerprint density at radius 2 is 1.35 bits per heavy atom. The second-order valence-corrected chi connectivity index (χ2v) is 16.1. The number of rotatable bonds is 3. The summed E-state index contributed by atoms with van der Waals surface area (Å²) < 4.78 is 0. The number of aliphatic imine (C=N–C) groups is 1. The number of aromatic nitrogens is 2. The van der Waals surface area contributed by atoms with Gasteiger partial charge in [0.2, 0.25) is 0 Å². The molecule has 46 heavy (non-hydrogen) atoms. The van der Waals surface area contributed by atoms with Crippen LogP contribution in [0.5, 0.6) is 0 Å². The molecule has 8 bridgehead atoms. The standard InChI is InChI=1S/C41H28N3PS/c46-45(31-15-8-3-9-16-31)38-25-29-19-21-34(42-29)40(27-11-4-1-5-12-27)36-23-24-37(44-36)41(28-13-6-2-7-14-28)35-22-20-30(43-35)26-39(45)33-18-10-17-32(33)38/h1-26,42-43H. The Morgan fingerprint density at radius 1 is 0.630 bits per heavy atom. The van der Waals surface area contributed by atoms with E-state index in [2.05, 4.69) is 168 Å². The number of nitrogens with zero attached hydrogens (tertiary/aromatic N) is 1. The van der Waals surface area contributed by atoms with Gasteiger partial charge in [-0.3, -0.25) is 0 Å². The molecule has 3 aromatic carbocycles. The van der Waals surface area contributed by atoms with E-state index in [0.29, 0.717) is 0 Å². The van der Waals surface area contributed by atoms with Crippen molar-refractivity contribution in [3.8, 4) is 0 Å². The van der Waals surface area contributed by atoms with Crippen LogP contribution in [-0.2, 0) is 11.8 Å². The van der Waals surface area contributed by atoms with Crippen LogP contribution in [0.15, 0.2) is 178 Å². The monoisotopic (exact) mass is 625 g/mol. The van der Waals surface area contributed by atoms with Crippen LogP contribution in [0, 0.1) is 0 Å². The van der Waals surface area contributed by atoms with Crippen LogP contribution in [-0.4, -0.2) is 15.7 Å². The van der Waals surface area contributed by atoms with Crippen LogP contribution in [0.25, 0.3) is 23.3 Å². The maximum absolute atomic E-state index is 6.89. The average Bonchev–Trinajstić information content (AvgIpc) is 3.94. The summed E-state index contributed by atoms with van der Waals surface area (Å²) in [7, 11) is 0. The summed E-state index contributed by atoms with van der Waals surface area (Å²) in [5.74, 6) is 0. The number of aromatic amines is 2. The lowest BCUT2D eigenvalue weighted by molar-refractivity contribution is 1.26. The van der Waals surface area contributed by atoms with Gasteiger partial charge in [0.25, 0.3) is 0 Å². The maximum atomic E-state index is 6.89. The van der Waals surface area contributed by atoms with Crippen LogP contribution >= 0.6 is 6.04 Å². The summed E-state index contributed by atoms with van der Waals surface area (Å²) in [5.41, 5.74) is 10.7. The second kappa shape index (κ2) is 10.7. The summed E-state index contributed by atoms with van der Waals surface area (Å²) in [5, 5.41) is 5.65. The molecular formula is C41H28N3PS. The molecule has 1 atom stereocenters. The predicted octanol–water partition coefficient (Wildman–Crippen LogP) is 7.72. The molecule has 0 radical (unpaired) electrons. The summed E-state index contributed by atoms with van der Waals surface area (Å²) in [6, 6.07) is 38.0. The third kappa shape index (κ3) is 4.26. The van der Waals surface area contributed by atoms with E-state index < -0.39 is 6.04 Å². The molecule has 0 saturated carbocycles. The van der Waals surface area contributed by atoms with E-state index in [1.807, 2.05) is 0 Å². The van der Waals surface area contributed by atoms with E-state index in [0.717, 1.165) is 55.8 Å². The van der Waals surface area contributed by atoms with Crippen molar-refractivity contribution in [2.75, 3.05) is 0 Å². The molecule has 4 aliphatic rings. The Labute approximate surface area is 272 Å². The fraction of sp³-hybridized carbons (Fsp3) is 0. The van der Waals surface area contributed by atoms with Crippen molar-refractivity contribution < 1.29 is 0 Å². The zero-order valence-electron chi connectivity index (χ0n) is 24.8. The average molecular weight is 626 g/mol. The first kappa shape index (κ1) is 27.1. The van der Waals surface area contributed by atoms with Gasteiger partial charge in [-0.2, -0.15) is 0 Å². The molecule has 0 saturated heterocycles. The molecule has 1 aliphatic carbocycles. The molecule has 5 heterocycles. The molecule has 5 heteroatoms. The number of nitrogens with one attached hydrogen (secondary N) is 2. The topological polar surface area (TPSA) is 43.9 Å². The minimum atomic E-state index is -2.40. The fourth-order valence-corrected chi connectivity index (χ4v) is 11.3. The molecule has 2 aromatic heterocycles. The van der Waals surface area contributed by atoms with Gasteiger partial charge in [-0.25, -0.2) is 4.99 Å². The zero-order chi connectivity index (χ0) is 30.7. The first-order chi connectivity index (χ1) is 22.7. The molecule has 3 nitrogen and oxygen atoms in total. The highest BCUT2D eigenvalue weighted by molar-refractivity contribution is 8.23. The van der Waals surface area contributed by atoms with E-state index >= 15 is 0 Å². The van der Waals surface area contributed by atoms with Gasteiger partial charge in [-0.15, -0.1) is 0 Å². The number of hydrogen-bond donors (Lipinski definition) is 2. The highest BCUT2D eigenvalue weighted by atomic mass is 32.4. The minimum Gasteiger partial charge on any atom is -0.355 e. The van der Waals surface area contributed by atoms with Gasteiger partial charge in [-0.1, -0.05) is 121 Å². The van der Waals surface area contributed by atoms with Crippen LogP contribution in [0.3, 0.4) is 0 Å². The Bertz CT molecular complexity index is 2460. The summed E-state index contributed by atoms with van der Waals surface area (Å²) >= 11 is 6.89. The lowest BCUT2D eigenvalue weighted by Crippen LogP contribution is -2.17. The minimum absolute atomic E-state index is 0.922. The van der Waals surface area contributed by atoms with Crippen LogP contribution in [0.1, 0.15) is 22.5 Å². The van der Waals surface area contributed by atoms with Gasteiger partial charge in [0.15, 0.2) is 0 Å². The van der Waals surface area contributed by atoms with Gasteiger partial charge in [0.05, 0.1) is 11.4 Å². The van der Waals surface area contributed by atoms with Crippen molar-refractivity contribution in [3.63, 3.8) is 0 Å². The van der Waals surface area contributed by atoms with Gasteiger partial charge < -0.3 is 9.97 Å². The molecule has 0 spiro atoms. The Kier molecular flexibility index (Phi) is 6.28. The number of allylic oxidation sites excluding steroid dienone is 9. The van der Waals surface area contributed by atoms with E-state index in [4.69, 9.17) is 16.8 Å². The molecule has 9 rings (SSSR count). The van der Waals surface area contributed by atoms with Crippen molar-refractivity contribution in [1.29, 1.82) is 0 Å². The normalized spacial score (nSPS) is 19.7. The number of H-pyrrole nitrogens is 2. The third-order valence-electron chi connectivity index (χ3n) is 8.98. The van der Waals surface area contributed by atoms with E-state index in [1.165, 1.54) is 27.1 Å². The second-order valence-electron chi connectivity index (χ2n) is 11.7.